The van der Waals surface area contributed by atoms with Crippen LogP contribution in [0.15, 0.2) is 42.5 Å². The van der Waals surface area contributed by atoms with Crippen LogP contribution in [0.2, 0.25) is 0 Å². The zero-order valence-electron chi connectivity index (χ0n) is 16.1. The lowest BCUT2D eigenvalue weighted by atomic mass is 10.1. The van der Waals surface area contributed by atoms with Gasteiger partial charge in [-0.15, -0.1) is 0 Å². The van der Waals surface area contributed by atoms with Crippen LogP contribution in [0.5, 0.6) is 0 Å². The Kier molecular flexibility index (Phi) is 7.04. The van der Waals surface area contributed by atoms with Gasteiger partial charge in [-0.3, -0.25) is 9.69 Å². The maximum Gasteiger partial charge on any atom is 0.411 e. The fourth-order valence-corrected chi connectivity index (χ4v) is 3.28. The van der Waals surface area contributed by atoms with E-state index >= 15 is 0 Å². The molecule has 0 aliphatic carbocycles. The van der Waals surface area contributed by atoms with Crippen molar-refractivity contribution in [1.29, 1.82) is 0 Å². The lowest BCUT2D eigenvalue weighted by Gasteiger charge is -2.35. The minimum absolute atomic E-state index is 0.232. The van der Waals surface area contributed by atoms with Crippen LogP contribution in [0, 0.1) is 11.6 Å². The van der Waals surface area contributed by atoms with E-state index < -0.39 is 24.4 Å². The van der Waals surface area contributed by atoms with E-state index in [1.807, 2.05) is 4.90 Å². The Morgan fingerprint density at radius 3 is 2.40 bits per heavy atom. The van der Waals surface area contributed by atoms with E-state index in [-0.39, 0.29) is 24.6 Å². The van der Waals surface area contributed by atoms with Crippen molar-refractivity contribution in [2.24, 2.45) is 0 Å². The van der Waals surface area contributed by atoms with Crippen LogP contribution in [0.25, 0.3) is 0 Å². The summed E-state index contributed by atoms with van der Waals surface area (Å²) in [6.07, 6.45) is -4.40. The molecule has 0 atom stereocenters. The number of halogens is 5. The Bertz CT molecular complexity index is 880. The Morgan fingerprint density at radius 2 is 1.70 bits per heavy atom. The first kappa shape index (κ1) is 22.2. The summed E-state index contributed by atoms with van der Waals surface area (Å²) in [5, 5.41) is 0. The Balaban J connectivity index is 1.53. The lowest BCUT2D eigenvalue weighted by molar-refractivity contribution is -0.176. The number of piperazine rings is 1. The first-order chi connectivity index (χ1) is 14.2. The number of hydrogen-bond acceptors (Lipinski definition) is 3. The van der Waals surface area contributed by atoms with Crippen molar-refractivity contribution >= 4 is 5.91 Å². The van der Waals surface area contributed by atoms with E-state index in [0.29, 0.717) is 37.3 Å². The number of carbonyl (C=O) groups is 1. The highest BCUT2D eigenvalue weighted by Crippen LogP contribution is 2.18. The van der Waals surface area contributed by atoms with E-state index in [0.717, 1.165) is 6.07 Å². The van der Waals surface area contributed by atoms with Crippen molar-refractivity contribution in [3.05, 3.63) is 70.8 Å². The molecule has 0 spiro atoms. The molecule has 2 aromatic carbocycles. The average Bonchev–Trinajstić information content (AvgIpc) is 2.71. The van der Waals surface area contributed by atoms with Gasteiger partial charge < -0.3 is 9.64 Å². The highest BCUT2D eigenvalue weighted by atomic mass is 19.4. The van der Waals surface area contributed by atoms with E-state index in [2.05, 4.69) is 4.74 Å². The lowest BCUT2D eigenvalue weighted by Crippen LogP contribution is -2.48. The Hall–Kier alpha value is -2.52. The molecule has 0 N–H and O–H groups in total. The molecule has 0 unspecified atom stereocenters. The molecule has 0 saturated carbocycles. The van der Waals surface area contributed by atoms with Crippen molar-refractivity contribution in [2.75, 3.05) is 32.8 Å². The van der Waals surface area contributed by atoms with Gasteiger partial charge in [-0.25, -0.2) is 8.78 Å². The average molecular weight is 428 g/mol. The Labute approximate surface area is 170 Å². The number of nitrogens with zero attached hydrogens (tertiary/aromatic N) is 2. The first-order valence-corrected chi connectivity index (χ1v) is 9.41. The number of amides is 1. The summed E-state index contributed by atoms with van der Waals surface area (Å²) in [6, 6.07) is 10.4. The summed E-state index contributed by atoms with van der Waals surface area (Å²) < 4.78 is 68.4. The van der Waals surface area contributed by atoms with Gasteiger partial charge in [0.05, 0.1) is 6.61 Å². The zero-order valence-corrected chi connectivity index (χ0v) is 16.1. The summed E-state index contributed by atoms with van der Waals surface area (Å²) in [5.41, 5.74) is 1.11. The molecule has 1 saturated heterocycles. The molecule has 4 nitrogen and oxygen atoms in total. The smallest absolute Gasteiger partial charge is 0.367 e. The molecule has 162 valence electrons. The minimum Gasteiger partial charge on any atom is -0.367 e. The zero-order chi connectivity index (χ0) is 21.7. The third-order valence-electron chi connectivity index (χ3n) is 4.79. The standard InChI is InChI=1S/C21H21F5N2O2/c22-18-6-2-5-17(19(18)23)12-27-7-9-28(10-8-27)20(29)16-4-1-3-15(11-16)13-30-14-21(24,25)26/h1-6,11H,7-10,12-14H2. The van der Waals surface area contributed by atoms with Gasteiger partial charge in [-0.2, -0.15) is 13.2 Å². The molecule has 0 bridgehead atoms. The Morgan fingerprint density at radius 1 is 1.00 bits per heavy atom. The number of rotatable bonds is 6. The van der Waals surface area contributed by atoms with Gasteiger partial charge in [0.1, 0.15) is 6.61 Å². The summed E-state index contributed by atoms with van der Waals surface area (Å²) in [7, 11) is 0. The van der Waals surface area contributed by atoms with E-state index in [4.69, 9.17) is 0 Å². The fourth-order valence-electron chi connectivity index (χ4n) is 3.28. The molecular formula is C21H21F5N2O2. The normalized spacial score (nSPS) is 15.4. The molecular weight excluding hydrogens is 407 g/mol. The molecule has 1 aliphatic rings. The van der Waals surface area contributed by atoms with Crippen molar-refractivity contribution in [1.82, 2.24) is 9.80 Å². The van der Waals surface area contributed by atoms with Gasteiger partial charge in [0.25, 0.3) is 5.91 Å². The molecule has 1 fully saturated rings. The van der Waals surface area contributed by atoms with Gasteiger partial charge in [-0.05, 0) is 23.8 Å². The maximum absolute atomic E-state index is 13.8. The molecule has 0 radical (unpaired) electrons. The monoisotopic (exact) mass is 428 g/mol. The third-order valence-corrected chi connectivity index (χ3v) is 4.79. The van der Waals surface area contributed by atoms with Gasteiger partial charge in [0.15, 0.2) is 11.6 Å². The highest BCUT2D eigenvalue weighted by molar-refractivity contribution is 5.94. The molecule has 9 heteroatoms. The van der Waals surface area contributed by atoms with Gasteiger partial charge in [0, 0.05) is 43.9 Å². The molecule has 1 amide bonds. The third kappa shape index (κ3) is 5.99. The molecule has 2 aromatic rings. The quantitative estimate of drug-likeness (QED) is 0.652. The molecule has 30 heavy (non-hydrogen) atoms. The summed E-state index contributed by atoms with van der Waals surface area (Å²) in [4.78, 5) is 16.3. The maximum atomic E-state index is 13.8. The van der Waals surface area contributed by atoms with Crippen LogP contribution in [-0.4, -0.2) is 54.7 Å². The van der Waals surface area contributed by atoms with Crippen LogP contribution in [0.3, 0.4) is 0 Å². The van der Waals surface area contributed by atoms with Crippen LogP contribution in [0.1, 0.15) is 21.5 Å². The summed E-state index contributed by atoms with van der Waals surface area (Å²) in [5.74, 6) is -1.98. The molecule has 0 aromatic heterocycles. The SMILES string of the molecule is O=C(c1cccc(COCC(F)(F)F)c1)N1CCN(Cc2cccc(F)c2F)CC1. The minimum atomic E-state index is -4.40. The van der Waals surface area contributed by atoms with Crippen LogP contribution in [0.4, 0.5) is 22.0 Å². The number of ether oxygens (including phenoxy) is 1. The van der Waals surface area contributed by atoms with E-state index in [1.165, 1.54) is 18.2 Å². The largest absolute Gasteiger partial charge is 0.411 e. The van der Waals surface area contributed by atoms with Crippen LogP contribution < -0.4 is 0 Å². The van der Waals surface area contributed by atoms with Crippen molar-refractivity contribution in [3.8, 4) is 0 Å². The number of alkyl halides is 3. The van der Waals surface area contributed by atoms with Crippen molar-refractivity contribution in [3.63, 3.8) is 0 Å². The summed E-state index contributed by atoms with van der Waals surface area (Å²) in [6.45, 7) is 0.464. The fraction of sp³-hybridized carbons (Fsp3) is 0.381. The number of hydrogen-bond donors (Lipinski definition) is 0. The predicted octanol–water partition coefficient (Wildman–Crippen LogP) is 4.00. The predicted molar refractivity (Wildman–Crippen MR) is 99.7 cm³/mol. The van der Waals surface area contributed by atoms with Crippen LogP contribution >= 0.6 is 0 Å². The molecule has 3 rings (SSSR count). The van der Waals surface area contributed by atoms with Crippen LogP contribution in [-0.2, 0) is 17.9 Å². The number of carbonyl (C=O) groups excluding carboxylic acids is 1. The van der Waals surface area contributed by atoms with Gasteiger partial charge in [0.2, 0.25) is 0 Å². The number of benzene rings is 2. The molecule has 1 aliphatic heterocycles. The van der Waals surface area contributed by atoms with Crippen molar-refractivity contribution < 1.29 is 31.5 Å². The molecule has 1 heterocycles. The summed E-state index contributed by atoms with van der Waals surface area (Å²) >= 11 is 0. The second-order valence-corrected chi connectivity index (χ2v) is 7.09. The topological polar surface area (TPSA) is 32.8 Å². The highest BCUT2D eigenvalue weighted by Gasteiger charge is 2.27. The van der Waals surface area contributed by atoms with Gasteiger partial charge >= 0.3 is 6.18 Å². The second-order valence-electron chi connectivity index (χ2n) is 7.09. The van der Waals surface area contributed by atoms with Gasteiger partial charge in [-0.1, -0.05) is 24.3 Å². The first-order valence-electron chi connectivity index (χ1n) is 9.41. The van der Waals surface area contributed by atoms with E-state index in [9.17, 15) is 26.7 Å². The second kappa shape index (κ2) is 9.53. The van der Waals surface area contributed by atoms with E-state index in [1.54, 1.807) is 23.1 Å². The van der Waals surface area contributed by atoms with Crippen molar-refractivity contribution in [2.45, 2.75) is 19.3 Å².